The van der Waals surface area contributed by atoms with Gasteiger partial charge in [-0.1, -0.05) is 13.8 Å². The number of anilines is 2. The van der Waals surface area contributed by atoms with Crippen LogP contribution < -0.4 is 16.4 Å². The molecule has 1 atom stereocenters. The Bertz CT molecular complexity index is 458. The fourth-order valence-corrected chi connectivity index (χ4v) is 2.37. The normalized spacial score (nSPS) is 19.5. The van der Waals surface area contributed by atoms with Gasteiger partial charge >= 0.3 is 0 Å². The molecule has 98 valence electrons. The molecule has 2 heterocycles. The molecule has 18 heavy (non-hydrogen) atoms. The number of carbonyl (C=O) groups is 1. The molecule has 1 aliphatic rings. The number of amides is 1. The highest BCUT2D eigenvalue weighted by Gasteiger charge is 2.27. The Morgan fingerprint density at radius 1 is 1.50 bits per heavy atom. The van der Waals surface area contributed by atoms with E-state index in [-0.39, 0.29) is 5.69 Å². The third-order valence-corrected chi connectivity index (χ3v) is 3.62. The van der Waals surface area contributed by atoms with Gasteiger partial charge in [0.1, 0.15) is 5.69 Å². The van der Waals surface area contributed by atoms with Crippen molar-refractivity contribution in [1.82, 2.24) is 4.98 Å². The molecule has 1 amide bonds. The zero-order chi connectivity index (χ0) is 13.3. The molecule has 5 nitrogen and oxygen atoms in total. The first-order valence-corrected chi connectivity index (χ1v) is 6.30. The van der Waals surface area contributed by atoms with Crippen molar-refractivity contribution in [3.05, 3.63) is 17.8 Å². The predicted molar refractivity (Wildman–Crippen MR) is 72.3 cm³/mol. The van der Waals surface area contributed by atoms with Crippen LogP contribution in [0.5, 0.6) is 0 Å². The highest BCUT2D eigenvalue weighted by atomic mass is 16.1. The molecular formula is C13H20N4O. The summed E-state index contributed by atoms with van der Waals surface area (Å²) in [5, 5.41) is 0. The molecule has 1 unspecified atom stereocenters. The van der Waals surface area contributed by atoms with E-state index in [0.717, 1.165) is 19.5 Å². The van der Waals surface area contributed by atoms with Crippen molar-refractivity contribution in [2.75, 3.05) is 23.7 Å². The van der Waals surface area contributed by atoms with Gasteiger partial charge in [-0.15, -0.1) is 0 Å². The summed E-state index contributed by atoms with van der Waals surface area (Å²) in [6.45, 7) is 6.33. The Morgan fingerprint density at radius 2 is 2.22 bits per heavy atom. The maximum Gasteiger partial charge on any atom is 0.267 e. The van der Waals surface area contributed by atoms with E-state index < -0.39 is 5.91 Å². The van der Waals surface area contributed by atoms with Crippen LogP contribution in [-0.2, 0) is 0 Å². The first-order chi connectivity index (χ1) is 8.49. The second kappa shape index (κ2) is 4.84. The number of nitrogen functional groups attached to an aromatic ring is 1. The molecule has 5 heteroatoms. The topological polar surface area (TPSA) is 85.2 Å². The summed E-state index contributed by atoms with van der Waals surface area (Å²) < 4.78 is 0. The van der Waals surface area contributed by atoms with E-state index in [2.05, 4.69) is 23.7 Å². The van der Waals surface area contributed by atoms with E-state index in [1.54, 1.807) is 12.1 Å². The largest absolute Gasteiger partial charge is 0.396 e. The molecule has 1 aromatic heterocycles. The minimum Gasteiger partial charge on any atom is -0.396 e. The van der Waals surface area contributed by atoms with E-state index in [9.17, 15) is 4.79 Å². The van der Waals surface area contributed by atoms with Crippen molar-refractivity contribution in [2.45, 2.75) is 20.3 Å². The molecule has 1 aliphatic heterocycles. The zero-order valence-corrected chi connectivity index (χ0v) is 10.9. The minimum atomic E-state index is -0.518. The third-order valence-electron chi connectivity index (χ3n) is 3.62. The summed E-state index contributed by atoms with van der Waals surface area (Å²) in [4.78, 5) is 17.6. The number of hydrogen-bond donors (Lipinski definition) is 2. The number of rotatable bonds is 3. The lowest BCUT2D eigenvalue weighted by atomic mass is 9.95. The predicted octanol–water partition coefficient (Wildman–Crippen LogP) is 1.25. The van der Waals surface area contributed by atoms with E-state index >= 15 is 0 Å². The lowest BCUT2D eigenvalue weighted by Crippen LogP contribution is -2.24. The Kier molecular flexibility index (Phi) is 3.41. The maximum atomic E-state index is 11.2. The number of nitrogens with two attached hydrogens (primary N) is 2. The first kappa shape index (κ1) is 12.7. The molecule has 1 aromatic rings. The van der Waals surface area contributed by atoms with Gasteiger partial charge in [0.15, 0.2) is 5.82 Å². The van der Waals surface area contributed by atoms with Crippen LogP contribution in [0.1, 0.15) is 30.8 Å². The van der Waals surface area contributed by atoms with Gasteiger partial charge in [-0.25, -0.2) is 4.98 Å². The van der Waals surface area contributed by atoms with Crippen molar-refractivity contribution < 1.29 is 4.79 Å². The van der Waals surface area contributed by atoms with Gasteiger partial charge < -0.3 is 16.4 Å². The van der Waals surface area contributed by atoms with Crippen LogP contribution in [0.15, 0.2) is 12.1 Å². The molecule has 0 spiro atoms. The molecule has 0 saturated carbocycles. The highest BCUT2D eigenvalue weighted by Crippen LogP contribution is 2.30. The highest BCUT2D eigenvalue weighted by molar-refractivity contribution is 5.91. The van der Waals surface area contributed by atoms with Crippen molar-refractivity contribution in [3.8, 4) is 0 Å². The average molecular weight is 248 g/mol. The average Bonchev–Trinajstić information content (AvgIpc) is 2.78. The van der Waals surface area contributed by atoms with Crippen LogP contribution in [0, 0.1) is 11.8 Å². The van der Waals surface area contributed by atoms with Crippen molar-refractivity contribution in [3.63, 3.8) is 0 Å². The Balaban J connectivity index is 2.23. The van der Waals surface area contributed by atoms with Crippen LogP contribution in [0.2, 0.25) is 0 Å². The zero-order valence-electron chi connectivity index (χ0n) is 10.9. The third kappa shape index (κ3) is 2.39. The van der Waals surface area contributed by atoms with Crippen LogP contribution in [0.25, 0.3) is 0 Å². The minimum absolute atomic E-state index is 0.271. The van der Waals surface area contributed by atoms with E-state index in [4.69, 9.17) is 11.5 Å². The SMILES string of the molecule is CC(C)C1CCN(c2nc(C(N)=O)ccc2N)C1. The molecule has 0 bridgehead atoms. The van der Waals surface area contributed by atoms with Gasteiger partial charge in [0.05, 0.1) is 5.69 Å². The van der Waals surface area contributed by atoms with Crippen LogP contribution in [-0.4, -0.2) is 24.0 Å². The van der Waals surface area contributed by atoms with Gasteiger partial charge in [0.25, 0.3) is 5.91 Å². The van der Waals surface area contributed by atoms with Gasteiger partial charge in [-0.3, -0.25) is 4.79 Å². The number of pyridine rings is 1. The summed E-state index contributed by atoms with van der Waals surface area (Å²) in [7, 11) is 0. The second-order valence-corrected chi connectivity index (χ2v) is 5.21. The quantitative estimate of drug-likeness (QED) is 0.843. The maximum absolute atomic E-state index is 11.2. The Morgan fingerprint density at radius 3 is 2.78 bits per heavy atom. The molecular weight excluding hydrogens is 228 g/mol. The summed E-state index contributed by atoms with van der Waals surface area (Å²) in [5.74, 6) is 1.48. The van der Waals surface area contributed by atoms with Crippen molar-refractivity contribution in [2.24, 2.45) is 17.6 Å². The fourth-order valence-electron chi connectivity index (χ4n) is 2.37. The van der Waals surface area contributed by atoms with E-state index in [0.29, 0.717) is 23.3 Å². The first-order valence-electron chi connectivity index (χ1n) is 6.30. The van der Waals surface area contributed by atoms with Gasteiger partial charge in [-0.05, 0) is 30.4 Å². The summed E-state index contributed by atoms with van der Waals surface area (Å²) in [6, 6.07) is 3.27. The molecule has 4 N–H and O–H groups in total. The molecule has 1 saturated heterocycles. The summed E-state index contributed by atoms with van der Waals surface area (Å²) in [5.41, 5.74) is 12.1. The number of nitrogens with zero attached hydrogens (tertiary/aromatic N) is 2. The standard InChI is InChI=1S/C13H20N4O/c1-8(2)9-5-6-17(7-9)13-10(14)3-4-11(16-13)12(15)18/h3-4,8-9H,5-7,14H2,1-2H3,(H2,15,18). The lowest BCUT2D eigenvalue weighted by molar-refractivity contribution is 0.0995. The Hall–Kier alpha value is -1.78. The van der Waals surface area contributed by atoms with E-state index in [1.807, 2.05) is 0 Å². The van der Waals surface area contributed by atoms with Gasteiger partial charge in [0, 0.05) is 13.1 Å². The lowest BCUT2D eigenvalue weighted by Gasteiger charge is -2.20. The number of aromatic nitrogens is 1. The van der Waals surface area contributed by atoms with Crippen LogP contribution in [0.4, 0.5) is 11.5 Å². The van der Waals surface area contributed by atoms with Crippen LogP contribution in [0.3, 0.4) is 0 Å². The summed E-state index contributed by atoms with van der Waals surface area (Å²) >= 11 is 0. The number of carbonyl (C=O) groups excluding carboxylic acids is 1. The summed E-state index contributed by atoms with van der Waals surface area (Å²) in [6.07, 6.45) is 1.14. The van der Waals surface area contributed by atoms with Gasteiger partial charge in [-0.2, -0.15) is 0 Å². The second-order valence-electron chi connectivity index (χ2n) is 5.21. The van der Waals surface area contributed by atoms with Crippen LogP contribution >= 0.6 is 0 Å². The fraction of sp³-hybridized carbons (Fsp3) is 0.538. The van der Waals surface area contributed by atoms with E-state index in [1.165, 1.54) is 0 Å². The molecule has 1 fully saturated rings. The number of hydrogen-bond acceptors (Lipinski definition) is 4. The molecule has 2 rings (SSSR count). The van der Waals surface area contributed by atoms with Crippen molar-refractivity contribution in [1.29, 1.82) is 0 Å². The molecule has 0 radical (unpaired) electrons. The smallest absolute Gasteiger partial charge is 0.267 e. The van der Waals surface area contributed by atoms with Crippen molar-refractivity contribution >= 4 is 17.4 Å². The monoisotopic (exact) mass is 248 g/mol. The molecule has 0 aromatic carbocycles. The Labute approximate surface area is 107 Å². The van der Waals surface area contributed by atoms with Gasteiger partial charge in [0.2, 0.25) is 0 Å². The molecule has 0 aliphatic carbocycles. The number of primary amides is 1.